The molecule has 0 aliphatic heterocycles. The summed E-state index contributed by atoms with van der Waals surface area (Å²) in [6.45, 7) is 4.23. The van der Waals surface area contributed by atoms with Crippen LogP contribution in [0.3, 0.4) is 0 Å². The van der Waals surface area contributed by atoms with E-state index in [9.17, 15) is 9.18 Å². The molecule has 1 aromatic carbocycles. The maximum Gasteiger partial charge on any atom is 0.242 e. The molecule has 0 saturated heterocycles. The predicted octanol–water partition coefficient (Wildman–Crippen LogP) is 2.50. The van der Waals surface area contributed by atoms with E-state index in [4.69, 9.17) is 17.3 Å². The van der Waals surface area contributed by atoms with E-state index in [-0.39, 0.29) is 16.9 Å². The quantitative estimate of drug-likeness (QED) is 0.911. The summed E-state index contributed by atoms with van der Waals surface area (Å²) in [5, 5.41) is 2.75. The molecule has 1 atom stereocenters. The molecule has 0 saturated carbocycles. The topological polar surface area (TPSA) is 72.9 Å². The minimum Gasteiger partial charge on any atom is -0.369 e. The maximum absolute atomic E-state index is 13.6. The van der Waals surface area contributed by atoms with Gasteiger partial charge in [0.05, 0.1) is 16.1 Å². The van der Waals surface area contributed by atoms with E-state index in [1.165, 1.54) is 16.7 Å². The highest BCUT2D eigenvalue weighted by molar-refractivity contribution is 6.31. The van der Waals surface area contributed by atoms with E-state index in [1.54, 1.807) is 6.92 Å². The number of benzene rings is 1. The van der Waals surface area contributed by atoms with Crippen molar-refractivity contribution < 1.29 is 9.18 Å². The Balaban J connectivity index is 2.45. The number of nitrogens with two attached hydrogens (primary N) is 1. The summed E-state index contributed by atoms with van der Waals surface area (Å²) in [4.78, 5) is 16.1. The maximum atomic E-state index is 13.6. The van der Waals surface area contributed by atoms with E-state index in [1.807, 2.05) is 6.92 Å². The third kappa shape index (κ3) is 2.56. The Morgan fingerprint density at radius 2 is 2.30 bits per heavy atom. The summed E-state index contributed by atoms with van der Waals surface area (Å²) in [7, 11) is 0. The second kappa shape index (κ2) is 5.66. The molecule has 0 aliphatic carbocycles. The molecule has 0 aliphatic rings. The summed E-state index contributed by atoms with van der Waals surface area (Å²) in [6, 6.07) is 2.06. The minimum absolute atomic E-state index is 0.0229. The molecule has 7 heteroatoms. The third-order valence-electron chi connectivity index (χ3n) is 3.07. The average molecular weight is 299 g/mol. The number of halogens is 2. The summed E-state index contributed by atoms with van der Waals surface area (Å²) in [5.74, 6) is -0.601. The molecular weight excluding hydrogens is 283 g/mol. The molecule has 5 nitrogen and oxygen atoms in total. The number of aromatic nitrogens is 2. The lowest BCUT2D eigenvalue weighted by molar-refractivity contribution is -0.123. The first-order chi connectivity index (χ1) is 9.45. The van der Waals surface area contributed by atoms with E-state index < -0.39 is 11.9 Å². The van der Waals surface area contributed by atoms with Crippen LogP contribution >= 0.6 is 11.6 Å². The van der Waals surface area contributed by atoms with Gasteiger partial charge < -0.3 is 11.1 Å². The van der Waals surface area contributed by atoms with Crippen molar-refractivity contribution in [3.63, 3.8) is 0 Å². The van der Waals surface area contributed by atoms with Crippen LogP contribution in [0.2, 0.25) is 5.02 Å². The summed E-state index contributed by atoms with van der Waals surface area (Å²) >= 11 is 5.72. The first-order valence-corrected chi connectivity index (χ1v) is 6.73. The van der Waals surface area contributed by atoms with Crippen molar-refractivity contribution in [2.75, 3.05) is 12.3 Å². The zero-order chi connectivity index (χ0) is 14.9. The van der Waals surface area contributed by atoms with Crippen LogP contribution in [0, 0.1) is 5.82 Å². The zero-order valence-corrected chi connectivity index (χ0v) is 12.0. The van der Waals surface area contributed by atoms with Gasteiger partial charge in [-0.05, 0) is 19.4 Å². The van der Waals surface area contributed by atoms with Crippen LogP contribution in [-0.4, -0.2) is 22.0 Å². The molecule has 3 N–H and O–H groups in total. The van der Waals surface area contributed by atoms with Gasteiger partial charge in [0.15, 0.2) is 0 Å². The first-order valence-electron chi connectivity index (χ1n) is 6.35. The number of nitrogen functional groups attached to an aromatic ring is 1. The lowest BCUT2D eigenvalue weighted by atomic mass is 10.2. The van der Waals surface area contributed by atoms with Gasteiger partial charge in [0.2, 0.25) is 11.9 Å². The number of nitrogens with one attached hydrogen (secondary N) is 1. The van der Waals surface area contributed by atoms with Crippen molar-refractivity contribution >= 4 is 34.5 Å². The highest BCUT2D eigenvalue weighted by Crippen LogP contribution is 2.27. The Morgan fingerprint density at radius 1 is 1.60 bits per heavy atom. The monoisotopic (exact) mass is 298 g/mol. The fraction of sp³-hybridized carbons (Fsp3) is 0.385. The standard InChI is InChI=1S/C13H16ClFN4O/c1-3-4-17-12(20)7(2)19-11-6-9(15)8(14)5-10(11)18-13(19)16/h5-7H,3-4H2,1-2H3,(H2,16,18)(H,17,20). The lowest BCUT2D eigenvalue weighted by Crippen LogP contribution is -2.31. The van der Waals surface area contributed by atoms with Crippen LogP contribution in [0.25, 0.3) is 11.0 Å². The summed E-state index contributed by atoms with van der Waals surface area (Å²) in [6.07, 6.45) is 0.836. The highest BCUT2D eigenvalue weighted by Gasteiger charge is 2.21. The van der Waals surface area contributed by atoms with Gasteiger partial charge in [-0.3, -0.25) is 9.36 Å². The number of nitrogens with zero attached hydrogens (tertiary/aromatic N) is 2. The number of anilines is 1. The van der Waals surface area contributed by atoms with Crippen molar-refractivity contribution in [3.05, 3.63) is 23.0 Å². The normalized spacial score (nSPS) is 12.6. The molecule has 1 heterocycles. The minimum atomic E-state index is -0.577. The fourth-order valence-corrected chi connectivity index (χ4v) is 2.19. The highest BCUT2D eigenvalue weighted by atomic mass is 35.5. The molecule has 1 amide bonds. The first kappa shape index (κ1) is 14.6. The van der Waals surface area contributed by atoms with Crippen molar-refractivity contribution in [2.24, 2.45) is 0 Å². The largest absolute Gasteiger partial charge is 0.369 e. The Kier molecular flexibility index (Phi) is 4.13. The third-order valence-corrected chi connectivity index (χ3v) is 3.36. The van der Waals surface area contributed by atoms with E-state index >= 15 is 0 Å². The molecule has 0 radical (unpaired) electrons. The predicted molar refractivity (Wildman–Crippen MR) is 77.1 cm³/mol. The van der Waals surface area contributed by atoms with Crippen LogP contribution in [0.5, 0.6) is 0 Å². The zero-order valence-electron chi connectivity index (χ0n) is 11.3. The van der Waals surface area contributed by atoms with E-state index in [0.29, 0.717) is 17.6 Å². The summed E-state index contributed by atoms with van der Waals surface area (Å²) in [5.41, 5.74) is 6.74. The molecule has 0 fully saturated rings. The number of fused-ring (bicyclic) bond motifs is 1. The number of amides is 1. The van der Waals surface area contributed by atoms with E-state index in [0.717, 1.165) is 6.42 Å². The molecule has 20 heavy (non-hydrogen) atoms. The van der Waals surface area contributed by atoms with Crippen molar-refractivity contribution in [2.45, 2.75) is 26.3 Å². The molecule has 2 rings (SSSR count). The fourth-order valence-electron chi connectivity index (χ4n) is 2.03. The van der Waals surface area contributed by atoms with Gasteiger partial charge in [0.25, 0.3) is 0 Å². The van der Waals surface area contributed by atoms with Gasteiger partial charge in [0.1, 0.15) is 11.9 Å². The summed E-state index contributed by atoms with van der Waals surface area (Å²) < 4.78 is 15.1. The van der Waals surface area contributed by atoms with Gasteiger partial charge >= 0.3 is 0 Å². The van der Waals surface area contributed by atoms with Crippen LogP contribution in [-0.2, 0) is 4.79 Å². The molecule has 0 spiro atoms. The van der Waals surface area contributed by atoms with Crippen molar-refractivity contribution in [1.82, 2.24) is 14.9 Å². The molecule has 108 valence electrons. The Bertz CT molecular complexity index is 655. The second-order valence-electron chi connectivity index (χ2n) is 4.56. The Morgan fingerprint density at radius 3 is 2.95 bits per heavy atom. The average Bonchev–Trinajstić information content (AvgIpc) is 2.71. The van der Waals surface area contributed by atoms with Gasteiger partial charge in [0, 0.05) is 12.6 Å². The van der Waals surface area contributed by atoms with E-state index in [2.05, 4.69) is 10.3 Å². The smallest absolute Gasteiger partial charge is 0.242 e. The number of hydrogen-bond donors (Lipinski definition) is 2. The molecular formula is C13H16ClFN4O. The molecule has 0 bridgehead atoms. The lowest BCUT2D eigenvalue weighted by Gasteiger charge is -2.15. The number of hydrogen-bond acceptors (Lipinski definition) is 3. The molecule has 1 unspecified atom stereocenters. The second-order valence-corrected chi connectivity index (χ2v) is 4.97. The van der Waals surface area contributed by atoms with Gasteiger partial charge in [-0.25, -0.2) is 9.37 Å². The Labute approximate surface area is 120 Å². The molecule has 2 aromatic rings. The number of rotatable bonds is 4. The number of carbonyl (C=O) groups is 1. The molecule has 1 aromatic heterocycles. The number of imidazole rings is 1. The van der Waals surface area contributed by atoms with Gasteiger partial charge in [-0.15, -0.1) is 0 Å². The van der Waals surface area contributed by atoms with Crippen LogP contribution in [0.15, 0.2) is 12.1 Å². The van der Waals surface area contributed by atoms with Crippen LogP contribution in [0.4, 0.5) is 10.3 Å². The van der Waals surface area contributed by atoms with Gasteiger partial charge in [-0.1, -0.05) is 18.5 Å². The Hall–Kier alpha value is -1.82. The van der Waals surface area contributed by atoms with Crippen LogP contribution < -0.4 is 11.1 Å². The van der Waals surface area contributed by atoms with Crippen LogP contribution in [0.1, 0.15) is 26.3 Å². The number of carbonyl (C=O) groups excluding carboxylic acids is 1. The SMILES string of the molecule is CCCNC(=O)C(C)n1c(N)nc2cc(Cl)c(F)cc21. The van der Waals surface area contributed by atoms with Crippen molar-refractivity contribution in [3.8, 4) is 0 Å². The van der Waals surface area contributed by atoms with Crippen molar-refractivity contribution in [1.29, 1.82) is 0 Å². The van der Waals surface area contributed by atoms with Gasteiger partial charge in [-0.2, -0.15) is 0 Å².